The lowest BCUT2D eigenvalue weighted by Gasteiger charge is -2.09. The van der Waals surface area contributed by atoms with Crippen molar-refractivity contribution in [3.05, 3.63) is 54.6 Å². The Labute approximate surface area is 153 Å². The van der Waals surface area contributed by atoms with E-state index in [0.717, 1.165) is 17.3 Å². The van der Waals surface area contributed by atoms with Gasteiger partial charge in [-0.2, -0.15) is 0 Å². The Morgan fingerprint density at radius 1 is 0.920 bits per heavy atom. The van der Waals surface area contributed by atoms with Crippen LogP contribution in [0.15, 0.2) is 59.5 Å². The summed E-state index contributed by atoms with van der Waals surface area (Å²) in [5, 5.41) is 0. The molecule has 2 aromatic carbocycles. The van der Waals surface area contributed by atoms with E-state index < -0.39 is 0 Å². The molecule has 0 radical (unpaired) electrons. The Morgan fingerprint density at radius 2 is 1.56 bits per heavy atom. The molecule has 4 nitrogen and oxygen atoms in total. The van der Waals surface area contributed by atoms with Gasteiger partial charge in [0.25, 0.3) is 0 Å². The van der Waals surface area contributed by atoms with Crippen LogP contribution in [-0.4, -0.2) is 31.5 Å². The zero-order valence-corrected chi connectivity index (χ0v) is 15.3. The molecule has 0 amide bonds. The van der Waals surface area contributed by atoms with Crippen molar-refractivity contribution < 1.29 is 19.0 Å². The van der Waals surface area contributed by atoms with E-state index in [1.165, 1.54) is 4.90 Å². The second kappa shape index (κ2) is 11.4. The van der Waals surface area contributed by atoms with Crippen molar-refractivity contribution in [2.24, 2.45) is 0 Å². The molecule has 2 aromatic rings. The van der Waals surface area contributed by atoms with Crippen molar-refractivity contribution >= 4 is 17.7 Å². The number of rotatable bonds is 11. The highest BCUT2D eigenvalue weighted by Crippen LogP contribution is 2.20. The fourth-order valence-corrected chi connectivity index (χ4v) is 2.86. The largest absolute Gasteiger partial charge is 0.494 e. The second-order valence-electron chi connectivity index (χ2n) is 5.24. The van der Waals surface area contributed by atoms with Gasteiger partial charge in [-0.15, -0.1) is 11.8 Å². The molecule has 0 aliphatic heterocycles. The van der Waals surface area contributed by atoms with Gasteiger partial charge in [0.2, 0.25) is 0 Å². The molecule has 0 atom stereocenters. The third-order valence-electron chi connectivity index (χ3n) is 3.29. The number of esters is 1. The van der Waals surface area contributed by atoms with Crippen molar-refractivity contribution in [3.8, 4) is 11.5 Å². The van der Waals surface area contributed by atoms with Gasteiger partial charge in [0.15, 0.2) is 0 Å². The first-order valence-corrected chi connectivity index (χ1v) is 9.45. The lowest BCUT2D eigenvalue weighted by molar-refractivity contribution is -0.143. The van der Waals surface area contributed by atoms with Gasteiger partial charge >= 0.3 is 5.97 Å². The van der Waals surface area contributed by atoms with Crippen LogP contribution in [0.4, 0.5) is 0 Å². The lowest BCUT2D eigenvalue weighted by atomic mass is 10.3. The maximum absolute atomic E-state index is 11.2. The van der Waals surface area contributed by atoms with Crippen LogP contribution in [-0.2, 0) is 9.53 Å². The van der Waals surface area contributed by atoms with Crippen molar-refractivity contribution in [3.63, 3.8) is 0 Å². The van der Waals surface area contributed by atoms with Crippen LogP contribution in [0.3, 0.4) is 0 Å². The molecule has 0 bridgehead atoms. The highest BCUT2D eigenvalue weighted by Gasteiger charge is 2.02. The summed E-state index contributed by atoms with van der Waals surface area (Å²) in [4.78, 5) is 12.5. The van der Waals surface area contributed by atoms with Crippen LogP contribution >= 0.6 is 11.8 Å². The monoisotopic (exact) mass is 360 g/mol. The minimum atomic E-state index is -0.178. The van der Waals surface area contributed by atoms with Crippen LogP contribution in [0.2, 0.25) is 0 Å². The standard InChI is InChI=1S/C20H24O4S/c1-2-22-20(21)9-6-14-23-17-10-12-18(13-11-17)24-15-16-25-19-7-4-3-5-8-19/h3-5,7-8,10-13H,2,6,9,14-16H2,1H3. The molecule has 0 saturated heterocycles. The first-order chi connectivity index (χ1) is 12.3. The van der Waals surface area contributed by atoms with Gasteiger partial charge in [0.1, 0.15) is 11.5 Å². The number of carbonyl (C=O) groups is 1. The van der Waals surface area contributed by atoms with Crippen LogP contribution < -0.4 is 9.47 Å². The van der Waals surface area contributed by atoms with E-state index >= 15 is 0 Å². The number of ether oxygens (including phenoxy) is 3. The van der Waals surface area contributed by atoms with Crippen molar-refractivity contribution in [1.82, 2.24) is 0 Å². The minimum absolute atomic E-state index is 0.178. The maximum Gasteiger partial charge on any atom is 0.305 e. The van der Waals surface area contributed by atoms with Gasteiger partial charge in [-0.3, -0.25) is 4.79 Å². The van der Waals surface area contributed by atoms with Gasteiger partial charge in [0, 0.05) is 17.1 Å². The smallest absolute Gasteiger partial charge is 0.305 e. The predicted octanol–water partition coefficient (Wildman–Crippen LogP) is 4.58. The summed E-state index contributed by atoms with van der Waals surface area (Å²) in [6.45, 7) is 3.37. The van der Waals surface area contributed by atoms with E-state index in [0.29, 0.717) is 32.7 Å². The summed E-state index contributed by atoms with van der Waals surface area (Å²) in [7, 11) is 0. The van der Waals surface area contributed by atoms with E-state index in [1.54, 1.807) is 18.7 Å². The summed E-state index contributed by atoms with van der Waals surface area (Å²) in [5.41, 5.74) is 0. The molecule has 0 aliphatic rings. The van der Waals surface area contributed by atoms with Gasteiger partial charge in [-0.05, 0) is 49.7 Å². The van der Waals surface area contributed by atoms with Gasteiger partial charge < -0.3 is 14.2 Å². The summed E-state index contributed by atoms with van der Waals surface area (Å²) >= 11 is 1.77. The number of hydrogen-bond donors (Lipinski definition) is 0. The molecule has 0 fully saturated rings. The molecule has 0 N–H and O–H groups in total. The van der Waals surface area contributed by atoms with Crippen LogP contribution in [0.25, 0.3) is 0 Å². The molecule has 0 spiro atoms. The molecular formula is C20H24O4S. The fourth-order valence-electron chi connectivity index (χ4n) is 2.11. The number of thioether (sulfide) groups is 1. The Bertz CT molecular complexity index is 613. The normalized spacial score (nSPS) is 10.3. The second-order valence-corrected chi connectivity index (χ2v) is 6.41. The van der Waals surface area contributed by atoms with Crippen molar-refractivity contribution in [2.75, 3.05) is 25.6 Å². The summed E-state index contributed by atoms with van der Waals surface area (Å²) in [5.74, 6) is 2.32. The Hall–Kier alpha value is -2.14. The average molecular weight is 360 g/mol. The summed E-state index contributed by atoms with van der Waals surface area (Å²) < 4.78 is 16.2. The van der Waals surface area contributed by atoms with Crippen molar-refractivity contribution in [2.45, 2.75) is 24.7 Å². The quantitative estimate of drug-likeness (QED) is 0.333. The van der Waals surface area contributed by atoms with Gasteiger partial charge in [-0.1, -0.05) is 18.2 Å². The third kappa shape index (κ3) is 7.98. The van der Waals surface area contributed by atoms with E-state index in [2.05, 4.69) is 12.1 Å². The molecule has 2 rings (SSSR count). The fraction of sp³-hybridized carbons (Fsp3) is 0.350. The summed E-state index contributed by atoms with van der Waals surface area (Å²) in [6.07, 6.45) is 1.03. The molecular weight excluding hydrogens is 336 g/mol. The predicted molar refractivity (Wildman–Crippen MR) is 100 cm³/mol. The molecule has 134 valence electrons. The van der Waals surface area contributed by atoms with E-state index in [-0.39, 0.29) is 5.97 Å². The SMILES string of the molecule is CCOC(=O)CCCOc1ccc(OCCSc2ccccc2)cc1. The maximum atomic E-state index is 11.2. The average Bonchev–Trinajstić information content (AvgIpc) is 2.65. The van der Waals surface area contributed by atoms with Gasteiger partial charge in [-0.25, -0.2) is 0 Å². The highest BCUT2D eigenvalue weighted by molar-refractivity contribution is 7.99. The summed E-state index contributed by atoms with van der Waals surface area (Å²) in [6, 6.07) is 17.8. The molecule has 0 aromatic heterocycles. The van der Waals surface area contributed by atoms with Crippen LogP contribution in [0.1, 0.15) is 19.8 Å². The first kappa shape index (κ1) is 19.2. The Kier molecular flexibility index (Phi) is 8.77. The van der Waals surface area contributed by atoms with E-state index in [1.807, 2.05) is 42.5 Å². The molecule has 0 heterocycles. The number of carbonyl (C=O) groups excluding carboxylic acids is 1. The molecule has 0 unspecified atom stereocenters. The minimum Gasteiger partial charge on any atom is -0.494 e. The first-order valence-electron chi connectivity index (χ1n) is 8.47. The lowest BCUT2D eigenvalue weighted by Crippen LogP contribution is -2.06. The molecule has 25 heavy (non-hydrogen) atoms. The van der Waals surface area contributed by atoms with E-state index in [4.69, 9.17) is 14.2 Å². The van der Waals surface area contributed by atoms with Gasteiger partial charge in [0.05, 0.1) is 19.8 Å². The molecule has 0 aliphatic carbocycles. The van der Waals surface area contributed by atoms with Crippen molar-refractivity contribution in [1.29, 1.82) is 0 Å². The Morgan fingerprint density at radius 3 is 2.20 bits per heavy atom. The van der Waals surface area contributed by atoms with Crippen LogP contribution in [0, 0.1) is 0 Å². The zero-order valence-electron chi connectivity index (χ0n) is 14.5. The number of hydrogen-bond acceptors (Lipinski definition) is 5. The highest BCUT2D eigenvalue weighted by atomic mass is 32.2. The third-order valence-corrected chi connectivity index (χ3v) is 4.26. The Balaban J connectivity index is 1.60. The molecule has 5 heteroatoms. The zero-order chi connectivity index (χ0) is 17.7. The topological polar surface area (TPSA) is 44.8 Å². The number of benzene rings is 2. The van der Waals surface area contributed by atoms with E-state index in [9.17, 15) is 4.79 Å². The van der Waals surface area contributed by atoms with Crippen LogP contribution in [0.5, 0.6) is 11.5 Å². The molecule has 0 saturated carbocycles.